The molecule has 7 amide bonds. The number of hydrogen-bond acceptors (Lipinski definition) is 8. The maximum Gasteiger partial charge on any atom is 0.245 e. The van der Waals surface area contributed by atoms with Crippen molar-refractivity contribution >= 4 is 41.4 Å². The molecule has 0 rings (SSSR count). The summed E-state index contributed by atoms with van der Waals surface area (Å²) in [5, 5.41) is 27.8. The lowest BCUT2D eigenvalue weighted by atomic mass is 9.99. The van der Waals surface area contributed by atoms with E-state index in [2.05, 4.69) is 50.2 Å². The van der Waals surface area contributed by atoms with Crippen molar-refractivity contribution in [2.24, 2.45) is 17.8 Å². The molecule has 0 aliphatic rings. The zero-order valence-electron chi connectivity index (χ0n) is 33.6. The van der Waals surface area contributed by atoms with E-state index in [0.29, 0.717) is 19.3 Å². The number of hydrogen-bond donors (Lipinski definition) is 8. The zero-order valence-corrected chi connectivity index (χ0v) is 33.6. The molecule has 15 heteroatoms. The maximum absolute atomic E-state index is 13.3. The standard InChI is InChI=1S/C38H69N7O8/c1-10-11-12-13-14-15-16-17-31(47)39-21-32(48)40-22-33(49)44-30(20-27(6)7)36(52)45-38(8,9)37(53)41-23-34(50)43-29(19-26(4)5)35(51)42-28(24-46)18-25(2)3/h14-15,25-30,46H,10-13,16-24H2,1-9H3,(H,39,47)(H,40,48)(H,41,53)(H,42,51)(H,43,50)(H,44,49)(H,45,52)/b15-14-/t28-,29-,30-/m0/s1. The molecule has 0 aliphatic heterocycles. The molecule has 0 bridgehead atoms. The smallest absolute Gasteiger partial charge is 0.245 e. The highest BCUT2D eigenvalue weighted by molar-refractivity contribution is 5.96. The molecule has 53 heavy (non-hydrogen) atoms. The van der Waals surface area contributed by atoms with Crippen molar-refractivity contribution in [2.45, 2.75) is 144 Å². The van der Waals surface area contributed by atoms with Gasteiger partial charge in [-0.3, -0.25) is 33.6 Å². The van der Waals surface area contributed by atoms with E-state index in [-0.39, 0.29) is 49.7 Å². The first-order valence-corrected chi connectivity index (χ1v) is 19.1. The topological polar surface area (TPSA) is 224 Å². The molecular weight excluding hydrogens is 682 g/mol. The number of unbranched alkanes of at least 4 members (excludes halogenated alkanes) is 3. The van der Waals surface area contributed by atoms with E-state index in [1.54, 1.807) is 0 Å². The predicted octanol–water partition coefficient (Wildman–Crippen LogP) is 1.73. The van der Waals surface area contributed by atoms with E-state index in [1.165, 1.54) is 20.3 Å². The molecule has 0 saturated heterocycles. The zero-order chi connectivity index (χ0) is 40.6. The number of allylic oxidation sites excluding steroid dienone is 2. The normalized spacial score (nSPS) is 13.3. The minimum Gasteiger partial charge on any atom is -0.394 e. The van der Waals surface area contributed by atoms with E-state index in [0.717, 1.165) is 19.3 Å². The quantitative estimate of drug-likeness (QED) is 0.0455. The fraction of sp³-hybridized carbons (Fsp3) is 0.763. The van der Waals surface area contributed by atoms with Crippen LogP contribution in [0, 0.1) is 17.8 Å². The molecule has 0 aliphatic carbocycles. The van der Waals surface area contributed by atoms with Crippen LogP contribution < -0.4 is 37.2 Å². The molecule has 0 aromatic heterocycles. The summed E-state index contributed by atoms with van der Waals surface area (Å²) in [6.45, 7) is 15.1. The van der Waals surface area contributed by atoms with Crippen LogP contribution in [0.5, 0.6) is 0 Å². The van der Waals surface area contributed by atoms with Crippen molar-refractivity contribution < 1.29 is 38.7 Å². The van der Waals surface area contributed by atoms with Crippen molar-refractivity contribution in [3.05, 3.63) is 12.2 Å². The van der Waals surface area contributed by atoms with Crippen molar-refractivity contribution in [1.82, 2.24) is 37.2 Å². The first-order chi connectivity index (χ1) is 24.8. The van der Waals surface area contributed by atoms with Gasteiger partial charge in [0.15, 0.2) is 0 Å². The third kappa shape index (κ3) is 24.0. The lowest BCUT2D eigenvalue weighted by Gasteiger charge is -2.29. The molecule has 8 N–H and O–H groups in total. The van der Waals surface area contributed by atoms with Gasteiger partial charge in [-0.2, -0.15) is 0 Å². The Kier molecular flexibility index (Phi) is 24.7. The molecule has 0 heterocycles. The Morgan fingerprint density at radius 1 is 0.604 bits per heavy atom. The van der Waals surface area contributed by atoms with Crippen LogP contribution in [0.25, 0.3) is 0 Å². The van der Waals surface area contributed by atoms with Gasteiger partial charge in [0.05, 0.1) is 32.3 Å². The summed E-state index contributed by atoms with van der Waals surface area (Å²) in [6, 6.07) is -2.37. The van der Waals surface area contributed by atoms with Gasteiger partial charge in [0.2, 0.25) is 41.4 Å². The highest BCUT2D eigenvalue weighted by Crippen LogP contribution is 2.10. The van der Waals surface area contributed by atoms with Gasteiger partial charge < -0.3 is 42.3 Å². The molecular formula is C38H69N7O8. The molecule has 304 valence electrons. The van der Waals surface area contributed by atoms with Crippen molar-refractivity contribution in [3.8, 4) is 0 Å². The lowest BCUT2D eigenvalue weighted by molar-refractivity contribution is -0.136. The maximum atomic E-state index is 13.3. The van der Waals surface area contributed by atoms with Gasteiger partial charge in [-0.05, 0) is 70.1 Å². The van der Waals surface area contributed by atoms with E-state index >= 15 is 0 Å². The van der Waals surface area contributed by atoms with Crippen LogP contribution in [0.1, 0.15) is 120 Å². The molecule has 0 saturated carbocycles. The lowest BCUT2D eigenvalue weighted by Crippen LogP contribution is -2.60. The summed E-state index contributed by atoms with van der Waals surface area (Å²) < 4.78 is 0. The molecule has 0 spiro atoms. The van der Waals surface area contributed by atoms with Crippen LogP contribution in [-0.2, 0) is 33.6 Å². The second-order valence-corrected chi connectivity index (χ2v) is 15.4. The Labute approximate surface area is 316 Å². The van der Waals surface area contributed by atoms with E-state index in [9.17, 15) is 38.7 Å². The van der Waals surface area contributed by atoms with Gasteiger partial charge in [-0.25, -0.2) is 0 Å². The Hall–Kier alpha value is -4.01. The largest absolute Gasteiger partial charge is 0.394 e. The van der Waals surface area contributed by atoms with Crippen molar-refractivity contribution in [1.29, 1.82) is 0 Å². The van der Waals surface area contributed by atoms with Crippen LogP contribution in [0.4, 0.5) is 0 Å². The van der Waals surface area contributed by atoms with Crippen LogP contribution in [0.15, 0.2) is 12.2 Å². The first-order valence-electron chi connectivity index (χ1n) is 19.1. The summed E-state index contributed by atoms with van der Waals surface area (Å²) >= 11 is 0. The average molecular weight is 752 g/mol. The number of rotatable bonds is 27. The van der Waals surface area contributed by atoms with Gasteiger partial charge in [0.1, 0.15) is 17.6 Å². The first kappa shape index (κ1) is 49.0. The molecule has 0 fully saturated rings. The second-order valence-electron chi connectivity index (χ2n) is 15.4. The van der Waals surface area contributed by atoms with Crippen LogP contribution in [0.2, 0.25) is 0 Å². The van der Waals surface area contributed by atoms with Gasteiger partial charge >= 0.3 is 0 Å². The number of carbonyl (C=O) groups excluding carboxylic acids is 7. The fourth-order valence-corrected chi connectivity index (χ4v) is 5.25. The number of nitrogens with one attached hydrogen (secondary N) is 7. The summed E-state index contributed by atoms with van der Waals surface area (Å²) in [7, 11) is 0. The van der Waals surface area contributed by atoms with Gasteiger partial charge in [-0.15, -0.1) is 0 Å². The Morgan fingerprint density at radius 2 is 1.09 bits per heavy atom. The Bertz CT molecular complexity index is 1200. The number of carbonyl (C=O) groups is 7. The SMILES string of the molecule is CCCCC/C=C\CCC(=O)NCC(=O)NCC(=O)N[C@@H](CC(C)C)C(=O)NC(C)(C)C(=O)NCC(=O)N[C@@H](CC(C)C)C(=O)N[C@H](CO)CC(C)C. The van der Waals surface area contributed by atoms with Gasteiger partial charge in [0.25, 0.3) is 0 Å². The summed E-state index contributed by atoms with van der Waals surface area (Å²) in [4.78, 5) is 89.1. The van der Waals surface area contributed by atoms with Gasteiger partial charge in [-0.1, -0.05) is 73.5 Å². The van der Waals surface area contributed by atoms with Crippen LogP contribution >= 0.6 is 0 Å². The third-order valence-electron chi connectivity index (χ3n) is 8.02. The van der Waals surface area contributed by atoms with E-state index in [1.807, 2.05) is 47.6 Å². The number of amides is 7. The highest BCUT2D eigenvalue weighted by atomic mass is 16.3. The highest BCUT2D eigenvalue weighted by Gasteiger charge is 2.33. The fourth-order valence-electron chi connectivity index (χ4n) is 5.25. The average Bonchev–Trinajstić information content (AvgIpc) is 3.06. The Morgan fingerprint density at radius 3 is 1.62 bits per heavy atom. The molecule has 0 unspecified atom stereocenters. The van der Waals surface area contributed by atoms with Crippen molar-refractivity contribution in [2.75, 3.05) is 26.2 Å². The van der Waals surface area contributed by atoms with Crippen LogP contribution in [0.3, 0.4) is 0 Å². The van der Waals surface area contributed by atoms with Crippen LogP contribution in [-0.4, -0.2) is 96.4 Å². The second kappa shape index (κ2) is 26.7. The summed E-state index contributed by atoms with van der Waals surface area (Å²) in [5.74, 6) is -3.53. The Balaban J connectivity index is 5.03. The van der Waals surface area contributed by atoms with E-state index in [4.69, 9.17) is 0 Å². The monoisotopic (exact) mass is 752 g/mol. The number of aliphatic hydroxyl groups excluding tert-OH is 1. The molecule has 0 aromatic carbocycles. The van der Waals surface area contributed by atoms with Gasteiger partial charge in [0, 0.05) is 6.42 Å². The minimum absolute atomic E-state index is 0.0170. The predicted molar refractivity (Wildman–Crippen MR) is 205 cm³/mol. The third-order valence-corrected chi connectivity index (χ3v) is 8.02. The molecule has 0 aromatic rings. The molecule has 15 nitrogen and oxygen atoms in total. The molecule has 3 atom stereocenters. The minimum atomic E-state index is -1.49. The summed E-state index contributed by atoms with van der Waals surface area (Å²) in [5.41, 5.74) is -1.49. The van der Waals surface area contributed by atoms with E-state index < -0.39 is 72.2 Å². The number of aliphatic hydroxyl groups is 1. The summed E-state index contributed by atoms with van der Waals surface area (Å²) in [6.07, 6.45) is 10.4. The van der Waals surface area contributed by atoms with Crippen molar-refractivity contribution in [3.63, 3.8) is 0 Å². The molecule has 0 radical (unpaired) electrons.